The van der Waals surface area contributed by atoms with E-state index in [0.717, 1.165) is 26.1 Å². The number of halogens is 3. The molecule has 0 saturated carbocycles. The van der Waals surface area contributed by atoms with E-state index in [1.54, 1.807) is 0 Å². The third-order valence-electron chi connectivity index (χ3n) is 4.65. The third kappa shape index (κ3) is 2.83. The van der Waals surface area contributed by atoms with Gasteiger partial charge in [0.1, 0.15) is 11.6 Å². The fraction of sp³-hybridized carbons (Fsp3) is 0.600. The molecule has 2 aliphatic rings. The molecule has 5 heteroatoms. The summed E-state index contributed by atoms with van der Waals surface area (Å²) >= 11 is 0. The Morgan fingerprint density at radius 2 is 1.95 bits per heavy atom. The number of piperidine rings is 1. The van der Waals surface area contributed by atoms with Crippen molar-refractivity contribution in [1.29, 1.82) is 0 Å². The van der Waals surface area contributed by atoms with E-state index in [4.69, 9.17) is 0 Å². The van der Waals surface area contributed by atoms with Crippen LogP contribution >= 0.6 is 12.4 Å². The van der Waals surface area contributed by atoms with Crippen LogP contribution in [0.25, 0.3) is 0 Å². The first kappa shape index (κ1) is 15.7. The maximum absolute atomic E-state index is 13.8. The van der Waals surface area contributed by atoms with Crippen LogP contribution in [0.2, 0.25) is 0 Å². The Morgan fingerprint density at radius 3 is 2.65 bits per heavy atom. The molecule has 1 N–H and O–H groups in total. The van der Waals surface area contributed by atoms with E-state index in [1.807, 2.05) is 6.92 Å². The van der Waals surface area contributed by atoms with E-state index < -0.39 is 11.6 Å². The molecule has 0 radical (unpaired) electrons. The summed E-state index contributed by atoms with van der Waals surface area (Å²) < 4.78 is 27.7. The molecule has 2 fully saturated rings. The second-order valence-electron chi connectivity index (χ2n) is 5.70. The molecule has 2 aliphatic heterocycles. The highest BCUT2D eigenvalue weighted by Gasteiger charge is 2.35. The van der Waals surface area contributed by atoms with Crippen molar-refractivity contribution in [1.82, 2.24) is 10.2 Å². The molecule has 2 saturated heterocycles. The number of benzene rings is 1. The molecule has 0 aliphatic carbocycles. The SMILES string of the molecule is CC(c1c(F)cccc1F)N1CCC2NCCC2C1.Cl. The Morgan fingerprint density at radius 1 is 1.25 bits per heavy atom. The number of nitrogens with one attached hydrogen (secondary N) is 1. The standard InChI is InChI=1S/C15H20F2N2.ClH/c1-10(15-12(16)3-2-4-13(15)17)19-8-6-14-11(9-19)5-7-18-14;/h2-4,10-11,14,18H,5-9H2,1H3;1H. The summed E-state index contributed by atoms with van der Waals surface area (Å²) in [6.45, 7) is 4.82. The molecule has 0 aromatic heterocycles. The van der Waals surface area contributed by atoms with Gasteiger partial charge in [0.05, 0.1) is 0 Å². The Hall–Kier alpha value is -0.710. The number of nitrogens with zero attached hydrogens (tertiary/aromatic N) is 1. The molecule has 20 heavy (non-hydrogen) atoms. The van der Waals surface area contributed by atoms with Crippen LogP contribution in [0.3, 0.4) is 0 Å². The van der Waals surface area contributed by atoms with Crippen molar-refractivity contribution < 1.29 is 8.78 Å². The zero-order valence-electron chi connectivity index (χ0n) is 11.6. The van der Waals surface area contributed by atoms with Crippen molar-refractivity contribution in [2.45, 2.75) is 31.8 Å². The Bertz CT molecular complexity index is 449. The van der Waals surface area contributed by atoms with Crippen LogP contribution in [0.1, 0.15) is 31.4 Å². The molecule has 1 aromatic carbocycles. The minimum atomic E-state index is -0.431. The van der Waals surface area contributed by atoms with E-state index in [0.29, 0.717) is 12.0 Å². The predicted octanol–water partition coefficient (Wildman–Crippen LogP) is 3.13. The monoisotopic (exact) mass is 302 g/mol. The smallest absolute Gasteiger partial charge is 0.130 e. The summed E-state index contributed by atoms with van der Waals surface area (Å²) in [4.78, 5) is 2.22. The van der Waals surface area contributed by atoms with Crippen LogP contribution in [0, 0.1) is 17.6 Å². The molecular weight excluding hydrogens is 282 g/mol. The fourth-order valence-corrected chi connectivity index (χ4v) is 3.52. The largest absolute Gasteiger partial charge is 0.314 e. The first-order valence-corrected chi connectivity index (χ1v) is 7.08. The van der Waals surface area contributed by atoms with Gasteiger partial charge in [0, 0.05) is 30.7 Å². The quantitative estimate of drug-likeness (QED) is 0.903. The van der Waals surface area contributed by atoms with Crippen LogP contribution in [0.5, 0.6) is 0 Å². The van der Waals surface area contributed by atoms with Gasteiger partial charge in [-0.2, -0.15) is 0 Å². The number of hydrogen-bond acceptors (Lipinski definition) is 2. The number of fused-ring (bicyclic) bond motifs is 1. The summed E-state index contributed by atoms with van der Waals surface area (Å²) in [5, 5.41) is 3.51. The summed E-state index contributed by atoms with van der Waals surface area (Å²) in [5.41, 5.74) is 0.215. The molecule has 0 spiro atoms. The van der Waals surface area contributed by atoms with Crippen LogP contribution in [-0.2, 0) is 0 Å². The lowest BCUT2D eigenvalue weighted by Crippen LogP contribution is -2.45. The highest BCUT2D eigenvalue weighted by molar-refractivity contribution is 5.85. The van der Waals surface area contributed by atoms with E-state index >= 15 is 0 Å². The zero-order valence-corrected chi connectivity index (χ0v) is 12.4. The summed E-state index contributed by atoms with van der Waals surface area (Å²) in [5.74, 6) is -0.232. The average Bonchev–Trinajstić information content (AvgIpc) is 2.85. The molecule has 0 amide bonds. The van der Waals surface area contributed by atoms with Crippen LogP contribution in [0.15, 0.2) is 18.2 Å². The maximum atomic E-state index is 13.8. The molecular formula is C15H21ClF2N2. The van der Waals surface area contributed by atoms with Crippen LogP contribution in [0.4, 0.5) is 8.78 Å². The van der Waals surface area contributed by atoms with Gasteiger partial charge in [-0.05, 0) is 44.4 Å². The van der Waals surface area contributed by atoms with Crippen molar-refractivity contribution in [3.05, 3.63) is 35.4 Å². The lowest BCUT2D eigenvalue weighted by atomic mass is 9.91. The highest BCUT2D eigenvalue weighted by Crippen LogP contribution is 2.32. The summed E-state index contributed by atoms with van der Waals surface area (Å²) in [6, 6.07) is 4.53. The van der Waals surface area contributed by atoms with Crippen molar-refractivity contribution in [3.8, 4) is 0 Å². The molecule has 3 atom stereocenters. The van der Waals surface area contributed by atoms with E-state index in [-0.39, 0.29) is 24.0 Å². The van der Waals surface area contributed by atoms with E-state index in [1.165, 1.54) is 24.6 Å². The molecule has 112 valence electrons. The van der Waals surface area contributed by atoms with Crippen LogP contribution < -0.4 is 5.32 Å². The Balaban J connectivity index is 0.00000147. The summed E-state index contributed by atoms with van der Waals surface area (Å²) in [6.07, 6.45) is 2.25. The van der Waals surface area contributed by atoms with Crippen molar-refractivity contribution in [2.24, 2.45) is 5.92 Å². The molecule has 2 nitrogen and oxygen atoms in total. The molecule has 0 bridgehead atoms. The average molecular weight is 303 g/mol. The van der Waals surface area contributed by atoms with Crippen LogP contribution in [-0.4, -0.2) is 30.6 Å². The van der Waals surface area contributed by atoms with Gasteiger partial charge in [-0.3, -0.25) is 4.90 Å². The number of hydrogen-bond donors (Lipinski definition) is 1. The van der Waals surface area contributed by atoms with Gasteiger partial charge >= 0.3 is 0 Å². The van der Waals surface area contributed by atoms with Gasteiger partial charge in [-0.25, -0.2) is 8.78 Å². The van der Waals surface area contributed by atoms with Gasteiger partial charge < -0.3 is 5.32 Å². The van der Waals surface area contributed by atoms with Crippen molar-refractivity contribution in [3.63, 3.8) is 0 Å². The summed E-state index contributed by atoms with van der Waals surface area (Å²) in [7, 11) is 0. The number of rotatable bonds is 2. The second kappa shape index (κ2) is 6.37. The first-order chi connectivity index (χ1) is 9.16. The minimum absolute atomic E-state index is 0. The maximum Gasteiger partial charge on any atom is 0.130 e. The first-order valence-electron chi connectivity index (χ1n) is 7.08. The predicted molar refractivity (Wildman–Crippen MR) is 78.1 cm³/mol. The minimum Gasteiger partial charge on any atom is -0.314 e. The van der Waals surface area contributed by atoms with Crippen molar-refractivity contribution in [2.75, 3.05) is 19.6 Å². The normalized spacial score (nSPS) is 27.8. The topological polar surface area (TPSA) is 15.3 Å². The highest BCUT2D eigenvalue weighted by atomic mass is 35.5. The van der Waals surface area contributed by atoms with Gasteiger partial charge in [-0.15, -0.1) is 12.4 Å². The second-order valence-corrected chi connectivity index (χ2v) is 5.70. The zero-order chi connectivity index (χ0) is 13.4. The number of likely N-dealkylation sites (tertiary alicyclic amines) is 1. The third-order valence-corrected chi connectivity index (χ3v) is 4.65. The molecule has 2 heterocycles. The Kier molecular flexibility index (Phi) is 4.99. The molecule has 1 aromatic rings. The fourth-order valence-electron chi connectivity index (χ4n) is 3.52. The van der Waals surface area contributed by atoms with Gasteiger partial charge in [0.15, 0.2) is 0 Å². The van der Waals surface area contributed by atoms with E-state index in [2.05, 4.69) is 10.2 Å². The van der Waals surface area contributed by atoms with Gasteiger partial charge in [0.2, 0.25) is 0 Å². The molecule has 3 unspecified atom stereocenters. The lowest BCUT2D eigenvalue weighted by molar-refractivity contribution is 0.118. The lowest BCUT2D eigenvalue weighted by Gasteiger charge is -2.38. The molecule has 3 rings (SSSR count). The Labute approximate surface area is 124 Å². The van der Waals surface area contributed by atoms with Gasteiger partial charge in [-0.1, -0.05) is 6.07 Å². The van der Waals surface area contributed by atoms with E-state index in [9.17, 15) is 8.78 Å². The van der Waals surface area contributed by atoms with Crippen molar-refractivity contribution >= 4 is 12.4 Å². The van der Waals surface area contributed by atoms with Gasteiger partial charge in [0.25, 0.3) is 0 Å².